The Labute approximate surface area is 100 Å². The topological polar surface area (TPSA) is 52.0 Å². The van der Waals surface area contributed by atoms with E-state index in [4.69, 9.17) is 4.74 Å². The van der Waals surface area contributed by atoms with E-state index in [1.54, 1.807) is 7.11 Å². The summed E-state index contributed by atoms with van der Waals surface area (Å²) in [6, 6.07) is 7.92. The van der Waals surface area contributed by atoms with Gasteiger partial charge in [0.2, 0.25) is 0 Å². The fourth-order valence-corrected chi connectivity index (χ4v) is 1.69. The molecule has 5 heteroatoms. The number of para-hydroxylation sites is 1. The highest BCUT2D eigenvalue weighted by molar-refractivity contribution is 5.33. The van der Waals surface area contributed by atoms with Gasteiger partial charge < -0.3 is 10.1 Å². The zero-order valence-corrected chi connectivity index (χ0v) is 10.1. The molecule has 2 rings (SSSR count). The maximum absolute atomic E-state index is 5.30. The third-order valence-electron chi connectivity index (χ3n) is 2.47. The first-order valence-corrected chi connectivity index (χ1v) is 5.49. The Morgan fingerprint density at radius 3 is 2.94 bits per heavy atom. The number of nitrogens with zero attached hydrogens (tertiary/aromatic N) is 3. The van der Waals surface area contributed by atoms with E-state index < -0.39 is 0 Å². The summed E-state index contributed by atoms with van der Waals surface area (Å²) in [4.78, 5) is 0. The van der Waals surface area contributed by atoms with Crippen molar-refractivity contribution >= 4 is 0 Å². The lowest BCUT2D eigenvalue weighted by Crippen LogP contribution is -2.05. The van der Waals surface area contributed by atoms with Crippen LogP contribution in [0.25, 0.3) is 0 Å². The predicted molar refractivity (Wildman–Crippen MR) is 64.9 cm³/mol. The van der Waals surface area contributed by atoms with Gasteiger partial charge in [-0.1, -0.05) is 23.4 Å². The van der Waals surface area contributed by atoms with Crippen LogP contribution in [0.15, 0.2) is 30.5 Å². The molecule has 1 aromatic heterocycles. The van der Waals surface area contributed by atoms with Crippen LogP contribution in [-0.4, -0.2) is 29.2 Å². The molecule has 90 valence electrons. The van der Waals surface area contributed by atoms with Gasteiger partial charge in [-0.3, -0.25) is 0 Å². The molecule has 0 atom stereocenters. The normalized spacial score (nSPS) is 10.5. The van der Waals surface area contributed by atoms with Crippen LogP contribution in [0.1, 0.15) is 11.3 Å². The van der Waals surface area contributed by atoms with Crippen LogP contribution in [0.3, 0.4) is 0 Å². The minimum Gasteiger partial charge on any atom is -0.496 e. The molecular formula is C12H16N4O. The van der Waals surface area contributed by atoms with E-state index in [2.05, 4.69) is 15.6 Å². The molecule has 0 aliphatic carbocycles. The molecule has 0 fully saturated rings. The summed E-state index contributed by atoms with van der Waals surface area (Å²) in [6.45, 7) is 1.40. The Hall–Kier alpha value is -1.88. The van der Waals surface area contributed by atoms with E-state index in [1.165, 1.54) is 0 Å². The lowest BCUT2D eigenvalue weighted by Gasteiger charge is -2.07. The van der Waals surface area contributed by atoms with E-state index in [9.17, 15) is 0 Å². The van der Waals surface area contributed by atoms with Gasteiger partial charge in [0.25, 0.3) is 0 Å². The highest BCUT2D eigenvalue weighted by Crippen LogP contribution is 2.17. The molecule has 5 nitrogen and oxygen atoms in total. The molecule has 0 saturated carbocycles. The average molecular weight is 232 g/mol. The van der Waals surface area contributed by atoms with E-state index in [0.29, 0.717) is 6.54 Å². The molecule has 1 N–H and O–H groups in total. The zero-order chi connectivity index (χ0) is 12.1. The van der Waals surface area contributed by atoms with Gasteiger partial charge in [-0.2, -0.15) is 0 Å². The second-order valence-corrected chi connectivity index (χ2v) is 3.75. The quantitative estimate of drug-likeness (QED) is 0.837. The van der Waals surface area contributed by atoms with Crippen LogP contribution in [-0.2, 0) is 13.1 Å². The van der Waals surface area contributed by atoms with Gasteiger partial charge >= 0.3 is 0 Å². The lowest BCUT2D eigenvalue weighted by molar-refractivity contribution is 0.407. The van der Waals surface area contributed by atoms with Crippen LogP contribution < -0.4 is 10.1 Å². The molecule has 0 radical (unpaired) electrons. The highest BCUT2D eigenvalue weighted by atomic mass is 16.5. The van der Waals surface area contributed by atoms with Gasteiger partial charge in [0.05, 0.1) is 25.5 Å². The van der Waals surface area contributed by atoms with Crippen LogP contribution in [0.4, 0.5) is 0 Å². The predicted octanol–water partition coefficient (Wildman–Crippen LogP) is 1.05. The van der Waals surface area contributed by atoms with Crippen molar-refractivity contribution in [3.05, 3.63) is 41.7 Å². The molecule has 0 spiro atoms. The van der Waals surface area contributed by atoms with Crippen molar-refractivity contribution in [3.63, 3.8) is 0 Å². The molecule has 0 aliphatic heterocycles. The molecule has 0 bridgehead atoms. The van der Waals surface area contributed by atoms with Crippen molar-refractivity contribution in [1.82, 2.24) is 20.3 Å². The molecule has 2 aromatic rings. The maximum Gasteiger partial charge on any atom is 0.123 e. The summed E-state index contributed by atoms with van der Waals surface area (Å²) in [5, 5.41) is 11.2. The van der Waals surface area contributed by atoms with Crippen LogP contribution >= 0.6 is 0 Å². The number of nitrogens with one attached hydrogen (secondary N) is 1. The van der Waals surface area contributed by atoms with Gasteiger partial charge in [0, 0.05) is 12.1 Å². The number of benzene rings is 1. The standard InChI is InChI=1S/C12H16N4O/c1-13-7-11-9-16(15-14-11)8-10-5-3-4-6-12(10)17-2/h3-6,9,13H,7-8H2,1-2H3. The van der Waals surface area contributed by atoms with Gasteiger partial charge in [-0.05, 0) is 13.1 Å². The van der Waals surface area contributed by atoms with Gasteiger partial charge in [-0.15, -0.1) is 5.10 Å². The number of methoxy groups -OCH3 is 1. The monoisotopic (exact) mass is 232 g/mol. The summed E-state index contributed by atoms with van der Waals surface area (Å²) in [7, 11) is 3.56. The first kappa shape index (κ1) is 11.6. The van der Waals surface area contributed by atoms with Gasteiger partial charge in [0.15, 0.2) is 0 Å². The van der Waals surface area contributed by atoms with Crippen LogP contribution in [0.2, 0.25) is 0 Å². The van der Waals surface area contributed by atoms with E-state index in [-0.39, 0.29) is 0 Å². The molecule has 0 unspecified atom stereocenters. The molecule has 1 heterocycles. The molecule has 1 aromatic carbocycles. The summed E-state index contributed by atoms with van der Waals surface area (Å²) < 4.78 is 7.11. The Balaban J connectivity index is 2.13. The highest BCUT2D eigenvalue weighted by Gasteiger charge is 2.04. The minimum atomic E-state index is 0.667. The summed E-state index contributed by atoms with van der Waals surface area (Å²) in [5.41, 5.74) is 2.03. The van der Waals surface area contributed by atoms with Gasteiger partial charge in [0.1, 0.15) is 5.75 Å². The van der Waals surface area contributed by atoms with Crippen LogP contribution in [0.5, 0.6) is 5.75 Å². The number of rotatable bonds is 5. The summed E-state index contributed by atoms with van der Waals surface area (Å²) in [6.07, 6.45) is 1.93. The maximum atomic E-state index is 5.30. The van der Waals surface area contributed by atoms with Crippen molar-refractivity contribution in [2.75, 3.05) is 14.2 Å². The SMILES string of the molecule is CNCc1cn(Cc2ccccc2OC)nn1. The second-order valence-electron chi connectivity index (χ2n) is 3.75. The zero-order valence-electron chi connectivity index (χ0n) is 10.1. The smallest absolute Gasteiger partial charge is 0.123 e. The molecule has 17 heavy (non-hydrogen) atoms. The van der Waals surface area contributed by atoms with Crippen molar-refractivity contribution in [3.8, 4) is 5.75 Å². The molecular weight excluding hydrogens is 216 g/mol. The Morgan fingerprint density at radius 2 is 2.18 bits per heavy atom. The number of hydrogen-bond donors (Lipinski definition) is 1. The molecule has 0 amide bonds. The van der Waals surface area contributed by atoms with Crippen molar-refractivity contribution in [2.45, 2.75) is 13.1 Å². The fourth-order valence-electron chi connectivity index (χ4n) is 1.69. The molecule has 0 aliphatic rings. The van der Waals surface area contributed by atoms with Gasteiger partial charge in [-0.25, -0.2) is 4.68 Å². The fraction of sp³-hybridized carbons (Fsp3) is 0.333. The van der Waals surface area contributed by atoms with Crippen LogP contribution in [0, 0.1) is 0 Å². The van der Waals surface area contributed by atoms with Crippen molar-refractivity contribution in [1.29, 1.82) is 0 Å². The van der Waals surface area contributed by atoms with E-state index >= 15 is 0 Å². The Bertz CT molecular complexity index is 481. The van der Waals surface area contributed by atoms with Crippen molar-refractivity contribution < 1.29 is 4.74 Å². The first-order valence-electron chi connectivity index (χ1n) is 5.49. The summed E-state index contributed by atoms with van der Waals surface area (Å²) >= 11 is 0. The van der Waals surface area contributed by atoms with E-state index in [1.807, 2.05) is 42.2 Å². The van der Waals surface area contributed by atoms with Crippen molar-refractivity contribution in [2.24, 2.45) is 0 Å². The number of aromatic nitrogens is 3. The average Bonchev–Trinajstić information content (AvgIpc) is 2.78. The second kappa shape index (κ2) is 5.45. The third-order valence-corrected chi connectivity index (χ3v) is 2.47. The minimum absolute atomic E-state index is 0.667. The third kappa shape index (κ3) is 2.82. The summed E-state index contributed by atoms with van der Waals surface area (Å²) in [5.74, 6) is 0.873. The Kier molecular flexibility index (Phi) is 3.72. The number of hydrogen-bond acceptors (Lipinski definition) is 4. The lowest BCUT2D eigenvalue weighted by atomic mass is 10.2. The van der Waals surface area contributed by atoms with E-state index in [0.717, 1.165) is 23.6 Å². The largest absolute Gasteiger partial charge is 0.496 e. The molecule has 0 saturated heterocycles. The first-order chi connectivity index (χ1) is 8.33. The Morgan fingerprint density at radius 1 is 1.35 bits per heavy atom. The number of ether oxygens (including phenoxy) is 1.